The minimum absolute atomic E-state index is 0.222. The Hall–Kier alpha value is 1.08. The van der Waals surface area contributed by atoms with Gasteiger partial charge in [0.2, 0.25) is 0 Å². The first kappa shape index (κ1) is 13.1. The number of ether oxygens (including phenoxy) is 2. The van der Waals surface area contributed by atoms with Gasteiger partial charge < -0.3 is 9.47 Å². The summed E-state index contributed by atoms with van der Waals surface area (Å²) >= 11 is 21.7. The summed E-state index contributed by atoms with van der Waals surface area (Å²) in [5.74, 6) is 0. The van der Waals surface area contributed by atoms with Crippen molar-refractivity contribution in [2.24, 2.45) is 0 Å². The first-order valence-electron chi connectivity index (χ1n) is 3.32. The number of hydrogen-bond acceptors (Lipinski definition) is 2. The molecule has 0 spiro atoms. The van der Waals surface area contributed by atoms with Crippen LogP contribution in [0, 0.1) is 0 Å². The molecule has 0 radical (unpaired) electrons. The van der Waals surface area contributed by atoms with E-state index in [0.717, 1.165) is 0 Å². The third kappa shape index (κ3) is 9.17. The van der Waals surface area contributed by atoms with E-state index in [2.05, 4.69) is 0 Å². The van der Waals surface area contributed by atoms with E-state index in [-0.39, 0.29) is 13.2 Å². The molecule has 0 unspecified atom stereocenters. The number of rotatable bonds is 6. The van der Waals surface area contributed by atoms with Crippen LogP contribution in [0.1, 0.15) is 6.92 Å². The molecule has 0 saturated heterocycles. The van der Waals surface area contributed by atoms with Crippen LogP contribution in [0.5, 0.6) is 0 Å². The maximum Gasteiger partial charge on any atom is 0.155 e. The summed E-state index contributed by atoms with van der Waals surface area (Å²) in [6.45, 7) is 2.16. The second-order valence-electron chi connectivity index (χ2n) is 2.02. The summed E-state index contributed by atoms with van der Waals surface area (Å²) in [7, 11) is 0. The van der Waals surface area contributed by atoms with Crippen LogP contribution in [0.4, 0.5) is 0 Å². The lowest BCUT2D eigenvalue weighted by molar-refractivity contribution is -0.125. The van der Waals surface area contributed by atoms with Crippen molar-refractivity contribution in [2.45, 2.75) is 22.9 Å². The van der Waals surface area contributed by atoms with Gasteiger partial charge in [-0.25, -0.2) is 0 Å². The lowest BCUT2D eigenvalue weighted by atomic mass is 10.7. The van der Waals surface area contributed by atoms with Gasteiger partial charge in [0.15, 0.2) is 6.29 Å². The Kier molecular flexibility index (Phi) is 8.15. The van der Waals surface area contributed by atoms with E-state index in [1.54, 1.807) is 6.92 Å². The molecule has 0 aromatic rings. The summed E-state index contributed by atoms with van der Waals surface area (Å²) in [5.41, 5.74) is 0. The number of hydrogen-bond donors (Lipinski definition) is 0. The van der Waals surface area contributed by atoms with E-state index in [9.17, 15) is 0 Å². The van der Waals surface area contributed by atoms with Crippen molar-refractivity contribution in [3.63, 3.8) is 0 Å². The van der Waals surface area contributed by atoms with E-state index < -0.39 is 16.0 Å². The lowest BCUT2D eigenvalue weighted by Gasteiger charge is -2.14. The molecule has 0 saturated carbocycles. The van der Waals surface area contributed by atoms with Gasteiger partial charge in [0, 0.05) is 0 Å². The van der Waals surface area contributed by atoms with Crippen molar-refractivity contribution in [2.75, 3.05) is 13.2 Å². The van der Waals surface area contributed by atoms with Gasteiger partial charge in [0.05, 0.1) is 13.2 Å². The molecule has 2 nitrogen and oxygen atoms in total. The Morgan fingerprint density at radius 1 is 0.917 bits per heavy atom. The molecule has 0 N–H and O–H groups in total. The van der Waals surface area contributed by atoms with Crippen LogP contribution in [-0.4, -0.2) is 29.2 Å². The van der Waals surface area contributed by atoms with Crippen LogP contribution in [0.25, 0.3) is 0 Å². The Morgan fingerprint density at radius 2 is 1.25 bits per heavy atom. The zero-order valence-corrected chi connectivity index (χ0v) is 9.50. The van der Waals surface area contributed by atoms with E-state index in [0.29, 0.717) is 0 Å². The van der Waals surface area contributed by atoms with Gasteiger partial charge in [-0.3, -0.25) is 0 Å². The minimum atomic E-state index is -0.543. The first-order valence-corrected chi connectivity index (χ1v) is 5.06. The smallest absolute Gasteiger partial charge is 0.155 e. The van der Waals surface area contributed by atoms with Crippen molar-refractivity contribution >= 4 is 46.4 Å². The van der Waals surface area contributed by atoms with Gasteiger partial charge in [-0.15, -0.1) is 46.4 Å². The topological polar surface area (TPSA) is 18.5 Å². The molecule has 74 valence electrons. The Bertz CT molecular complexity index is 97.7. The van der Waals surface area contributed by atoms with E-state index in [4.69, 9.17) is 55.9 Å². The fourth-order valence-electron chi connectivity index (χ4n) is 0.465. The van der Waals surface area contributed by atoms with Gasteiger partial charge in [-0.2, -0.15) is 0 Å². The van der Waals surface area contributed by atoms with Crippen LogP contribution >= 0.6 is 46.4 Å². The largest absolute Gasteiger partial charge is 0.350 e. The average Bonchev–Trinajstić information content (AvgIpc) is 1.96. The van der Waals surface area contributed by atoms with Crippen LogP contribution in [0.15, 0.2) is 0 Å². The molecular weight excluding hydrogens is 246 g/mol. The van der Waals surface area contributed by atoms with Gasteiger partial charge in [0.25, 0.3) is 0 Å². The highest BCUT2D eigenvalue weighted by Crippen LogP contribution is 2.07. The second-order valence-corrected chi connectivity index (χ2v) is 4.57. The van der Waals surface area contributed by atoms with Crippen LogP contribution < -0.4 is 0 Å². The van der Waals surface area contributed by atoms with Crippen LogP contribution in [0.3, 0.4) is 0 Å². The third-order valence-electron chi connectivity index (χ3n) is 0.914. The highest BCUT2D eigenvalue weighted by atomic mass is 35.5. The zero-order valence-electron chi connectivity index (χ0n) is 6.47. The molecule has 0 rings (SSSR count). The molecule has 0 aromatic carbocycles. The molecular formula is C6H10Cl4O2. The molecule has 0 fully saturated rings. The molecule has 0 aliphatic rings. The highest BCUT2D eigenvalue weighted by molar-refractivity contribution is 6.44. The summed E-state index contributed by atoms with van der Waals surface area (Å²) in [6, 6.07) is 0. The maximum absolute atomic E-state index is 5.42. The molecule has 0 heterocycles. The summed E-state index contributed by atoms with van der Waals surface area (Å²) in [5, 5.41) is 0. The predicted octanol–water partition coefficient (Wildman–Crippen LogP) is 2.97. The van der Waals surface area contributed by atoms with Gasteiger partial charge >= 0.3 is 0 Å². The van der Waals surface area contributed by atoms with E-state index >= 15 is 0 Å². The first-order chi connectivity index (χ1) is 5.52. The molecule has 0 atom stereocenters. The monoisotopic (exact) mass is 254 g/mol. The normalized spacial score (nSPS) is 12.0. The Morgan fingerprint density at radius 3 is 1.50 bits per heavy atom. The molecule has 12 heavy (non-hydrogen) atoms. The van der Waals surface area contributed by atoms with E-state index in [1.807, 2.05) is 0 Å². The lowest BCUT2D eigenvalue weighted by Crippen LogP contribution is -2.19. The number of alkyl halides is 4. The van der Waals surface area contributed by atoms with Gasteiger partial charge in [-0.05, 0) is 6.92 Å². The predicted molar refractivity (Wildman–Crippen MR) is 52.4 cm³/mol. The summed E-state index contributed by atoms with van der Waals surface area (Å²) in [4.78, 5) is -1.09. The SMILES string of the molecule is CC(OCC(Cl)Cl)OCC(Cl)Cl. The van der Waals surface area contributed by atoms with Crippen molar-refractivity contribution in [1.29, 1.82) is 0 Å². The molecule has 0 aromatic heterocycles. The summed E-state index contributed by atoms with van der Waals surface area (Å²) < 4.78 is 10.1. The highest BCUT2D eigenvalue weighted by Gasteiger charge is 2.07. The molecule has 0 amide bonds. The van der Waals surface area contributed by atoms with Gasteiger partial charge in [0.1, 0.15) is 9.67 Å². The standard InChI is InChI=1S/C6H10Cl4O2/c1-4(11-2-5(7)8)12-3-6(9)10/h4-6H,2-3H2,1H3. The van der Waals surface area contributed by atoms with Gasteiger partial charge in [-0.1, -0.05) is 0 Å². The third-order valence-corrected chi connectivity index (χ3v) is 1.42. The van der Waals surface area contributed by atoms with Crippen molar-refractivity contribution in [1.82, 2.24) is 0 Å². The van der Waals surface area contributed by atoms with Crippen LogP contribution in [-0.2, 0) is 9.47 Å². The fourth-order valence-corrected chi connectivity index (χ4v) is 0.756. The van der Waals surface area contributed by atoms with Crippen molar-refractivity contribution < 1.29 is 9.47 Å². The Balaban J connectivity index is 3.27. The quantitative estimate of drug-likeness (QED) is 0.537. The maximum atomic E-state index is 5.42. The van der Waals surface area contributed by atoms with Crippen LogP contribution in [0.2, 0.25) is 0 Å². The van der Waals surface area contributed by atoms with E-state index in [1.165, 1.54) is 0 Å². The molecule has 0 aliphatic carbocycles. The fraction of sp³-hybridized carbons (Fsp3) is 1.00. The Labute approximate surface area is 92.0 Å². The second kappa shape index (κ2) is 7.48. The average molecular weight is 256 g/mol. The molecule has 0 aliphatic heterocycles. The van der Waals surface area contributed by atoms with Crippen molar-refractivity contribution in [3.05, 3.63) is 0 Å². The summed E-state index contributed by atoms with van der Waals surface area (Å²) in [6.07, 6.45) is -0.398. The molecule has 6 heteroatoms. The minimum Gasteiger partial charge on any atom is -0.350 e. The zero-order chi connectivity index (χ0) is 9.56. The molecule has 0 bridgehead atoms. The number of halogens is 4. The van der Waals surface area contributed by atoms with Crippen molar-refractivity contribution in [3.8, 4) is 0 Å².